The summed E-state index contributed by atoms with van der Waals surface area (Å²) in [7, 11) is 0. The summed E-state index contributed by atoms with van der Waals surface area (Å²) in [5, 5.41) is 0. The van der Waals surface area contributed by atoms with Gasteiger partial charge in [-0.1, -0.05) is 24.3 Å². The monoisotopic (exact) mass is 300 g/mol. The Balaban J connectivity index is 1.84. The summed E-state index contributed by atoms with van der Waals surface area (Å²) in [6.45, 7) is 0. The molecule has 0 N–H and O–H groups in total. The van der Waals surface area contributed by atoms with E-state index in [1.165, 1.54) is 23.3 Å². The van der Waals surface area contributed by atoms with Crippen molar-refractivity contribution in [1.82, 2.24) is 9.55 Å². The van der Waals surface area contributed by atoms with Gasteiger partial charge in [0, 0.05) is 12.1 Å². The quantitative estimate of drug-likeness (QED) is 0.647. The molecule has 0 spiro atoms. The first-order valence-electron chi connectivity index (χ1n) is 7.05. The second-order valence-electron chi connectivity index (χ2n) is 5.50. The summed E-state index contributed by atoms with van der Waals surface area (Å²) in [4.78, 5) is 4.49. The third-order valence-electron chi connectivity index (χ3n) is 4.24. The number of imidazole rings is 1. The Labute approximate surface area is 127 Å². The molecule has 0 amide bonds. The second kappa shape index (κ2) is 4.85. The van der Waals surface area contributed by atoms with E-state index < -0.39 is 0 Å². The number of hydrogen-bond acceptors (Lipinski definition) is 1. The van der Waals surface area contributed by atoms with Crippen LogP contribution in [0.25, 0.3) is 11.0 Å². The van der Waals surface area contributed by atoms with Crippen LogP contribution >= 0.6 is 11.6 Å². The summed E-state index contributed by atoms with van der Waals surface area (Å²) >= 11 is 6.06. The highest BCUT2D eigenvalue weighted by Gasteiger charge is 2.26. The highest BCUT2D eigenvalue weighted by atomic mass is 35.5. The number of rotatable bonds is 2. The molecule has 0 bridgehead atoms. The highest BCUT2D eigenvalue weighted by molar-refractivity contribution is 6.16. The first-order chi connectivity index (χ1) is 10.3. The minimum atomic E-state index is -0.261. The summed E-state index contributed by atoms with van der Waals surface area (Å²) in [5.41, 5.74) is 4.41. The lowest BCUT2D eigenvalue weighted by atomic mass is 10.1. The average molecular weight is 301 g/mol. The minimum Gasteiger partial charge on any atom is -0.323 e. The van der Waals surface area contributed by atoms with E-state index in [0.29, 0.717) is 17.4 Å². The summed E-state index contributed by atoms with van der Waals surface area (Å²) in [6, 6.07) is 13.6. The maximum absolute atomic E-state index is 13.4. The van der Waals surface area contributed by atoms with Crippen molar-refractivity contribution in [1.29, 1.82) is 0 Å². The van der Waals surface area contributed by atoms with Gasteiger partial charge in [0.1, 0.15) is 11.6 Å². The summed E-state index contributed by atoms with van der Waals surface area (Å²) < 4.78 is 15.6. The number of benzene rings is 2. The number of aromatic nitrogens is 2. The van der Waals surface area contributed by atoms with Gasteiger partial charge in [0.15, 0.2) is 0 Å². The molecule has 4 rings (SSSR count). The van der Waals surface area contributed by atoms with Crippen molar-refractivity contribution in [2.75, 3.05) is 0 Å². The molecule has 4 heteroatoms. The molecule has 0 unspecified atom stereocenters. The molecule has 0 fully saturated rings. The van der Waals surface area contributed by atoms with Crippen molar-refractivity contribution in [3.63, 3.8) is 0 Å². The lowest BCUT2D eigenvalue weighted by molar-refractivity contribution is 0.528. The summed E-state index contributed by atoms with van der Waals surface area (Å²) in [5.74, 6) is 0.890. The van der Waals surface area contributed by atoms with Crippen LogP contribution in [0.2, 0.25) is 0 Å². The Morgan fingerprint density at radius 1 is 1.14 bits per heavy atom. The van der Waals surface area contributed by atoms with Gasteiger partial charge in [-0.15, -0.1) is 11.6 Å². The molecule has 3 aromatic rings. The van der Waals surface area contributed by atoms with Crippen molar-refractivity contribution >= 4 is 22.6 Å². The number of halogens is 2. The Hall–Kier alpha value is -1.87. The van der Waals surface area contributed by atoms with Gasteiger partial charge >= 0.3 is 0 Å². The van der Waals surface area contributed by atoms with Crippen molar-refractivity contribution in [3.8, 4) is 0 Å². The van der Waals surface area contributed by atoms with Gasteiger partial charge in [-0.2, -0.15) is 0 Å². The smallest absolute Gasteiger partial charge is 0.125 e. The predicted octanol–water partition coefficient (Wildman–Crippen LogP) is 4.25. The van der Waals surface area contributed by atoms with Crippen molar-refractivity contribution in [2.24, 2.45) is 0 Å². The Morgan fingerprint density at radius 3 is 2.52 bits per heavy atom. The Bertz CT molecular complexity index is 800. The number of nitrogens with zero attached hydrogens (tertiary/aromatic N) is 2. The van der Waals surface area contributed by atoms with E-state index in [4.69, 9.17) is 11.6 Å². The van der Waals surface area contributed by atoms with E-state index in [-0.39, 0.29) is 5.82 Å². The zero-order valence-corrected chi connectivity index (χ0v) is 12.1. The van der Waals surface area contributed by atoms with E-state index in [2.05, 4.69) is 33.8 Å². The molecule has 2 nitrogen and oxygen atoms in total. The fourth-order valence-corrected chi connectivity index (χ4v) is 3.53. The van der Waals surface area contributed by atoms with Crippen LogP contribution in [0.3, 0.4) is 0 Å². The van der Waals surface area contributed by atoms with Crippen LogP contribution in [-0.4, -0.2) is 9.55 Å². The minimum absolute atomic E-state index is 0.261. The molecule has 2 aromatic carbocycles. The molecule has 0 atom stereocenters. The standard InChI is InChI=1S/C17H14ClFN2/c18-10-17-20-15-9-13(19)5-6-16(15)21(17)14-7-11-3-1-2-4-12(11)8-14/h1-6,9,14H,7-8,10H2. The van der Waals surface area contributed by atoms with E-state index in [0.717, 1.165) is 24.2 Å². The van der Waals surface area contributed by atoms with E-state index in [1.54, 1.807) is 6.07 Å². The predicted molar refractivity (Wildman–Crippen MR) is 82.1 cm³/mol. The molecule has 1 aliphatic carbocycles. The molecule has 1 heterocycles. The van der Waals surface area contributed by atoms with E-state index in [1.807, 2.05) is 0 Å². The van der Waals surface area contributed by atoms with Gasteiger partial charge in [-0.25, -0.2) is 9.37 Å². The third-order valence-corrected chi connectivity index (χ3v) is 4.48. The molecule has 1 aliphatic rings. The molecular weight excluding hydrogens is 287 g/mol. The van der Waals surface area contributed by atoms with Crippen LogP contribution in [0.4, 0.5) is 4.39 Å². The van der Waals surface area contributed by atoms with E-state index >= 15 is 0 Å². The van der Waals surface area contributed by atoms with Gasteiger partial charge in [-0.05, 0) is 36.1 Å². The van der Waals surface area contributed by atoms with Gasteiger partial charge in [-0.3, -0.25) is 0 Å². The van der Waals surface area contributed by atoms with Crippen LogP contribution in [0.15, 0.2) is 42.5 Å². The molecule has 106 valence electrons. The zero-order chi connectivity index (χ0) is 14.4. The normalized spacial score (nSPS) is 14.8. The van der Waals surface area contributed by atoms with Crippen LogP contribution in [0.1, 0.15) is 23.0 Å². The Kier molecular flexibility index (Phi) is 2.96. The van der Waals surface area contributed by atoms with Crippen LogP contribution in [0, 0.1) is 5.82 Å². The fraction of sp³-hybridized carbons (Fsp3) is 0.235. The molecule has 0 radical (unpaired) electrons. The zero-order valence-electron chi connectivity index (χ0n) is 11.4. The van der Waals surface area contributed by atoms with Crippen LogP contribution < -0.4 is 0 Å². The molecule has 0 saturated carbocycles. The third kappa shape index (κ3) is 2.04. The SMILES string of the molecule is Fc1ccc2c(c1)nc(CCl)n2C1Cc2ccccc2C1. The van der Waals surface area contributed by atoms with Gasteiger partial charge < -0.3 is 4.57 Å². The van der Waals surface area contributed by atoms with Crippen molar-refractivity contribution in [2.45, 2.75) is 24.8 Å². The molecule has 0 aliphatic heterocycles. The first kappa shape index (κ1) is 12.8. The highest BCUT2D eigenvalue weighted by Crippen LogP contribution is 2.34. The molecule has 1 aromatic heterocycles. The Morgan fingerprint density at radius 2 is 1.86 bits per heavy atom. The molecule has 21 heavy (non-hydrogen) atoms. The van der Waals surface area contributed by atoms with Gasteiger partial charge in [0.05, 0.1) is 16.9 Å². The maximum atomic E-state index is 13.4. The number of fused-ring (bicyclic) bond motifs is 2. The van der Waals surface area contributed by atoms with Crippen molar-refractivity contribution in [3.05, 3.63) is 65.2 Å². The number of alkyl halides is 1. The molecular formula is C17H14ClFN2. The van der Waals surface area contributed by atoms with Crippen LogP contribution in [-0.2, 0) is 18.7 Å². The average Bonchev–Trinajstić information content (AvgIpc) is 3.06. The summed E-state index contributed by atoms with van der Waals surface area (Å²) in [6.07, 6.45) is 1.95. The number of hydrogen-bond donors (Lipinski definition) is 0. The van der Waals surface area contributed by atoms with E-state index in [9.17, 15) is 4.39 Å². The van der Waals surface area contributed by atoms with Gasteiger partial charge in [0.2, 0.25) is 0 Å². The first-order valence-corrected chi connectivity index (χ1v) is 7.59. The maximum Gasteiger partial charge on any atom is 0.125 e. The van der Waals surface area contributed by atoms with Crippen LogP contribution in [0.5, 0.6) is 0 Å². The molecule has 0 saturated heterocycles. The topological polar surface area (TPSA) is 17.8 Å². The largest absolute Gasteiger partial charge is 0.323 e. The second-order valence-corrected chi connectivity index (χ2v) is 5.76. The van der Waals surface area contributed by atoms with Crippen molar-refractivity contribution < 1.29 is 4.39 Å². The fourth-order valence-electron chi connectivity index (χ4n) is 3.34. The lowest BCUT2D eigenvalue weighted by Gasteiger charge is -2.15. The lowest BCUT2D eigenvalue weighted by Crippen LogP contribution is -2.11. The van der Waals surface area contributed by atoms with Gasteiger partial charge in [0.25, 0.3) is 0 Å².